The van der Waals surface area contributed by atoms with Crippen LogP contribution in [0.15, 0.2) is 41.0 Å². The number of β-amino-alcohol motifs (C(OH)–C–C–N with tert-alkyl or cyclic N) is 1. The summed E-state index contributed by atoms with van der Waals surface area (Å²) in [7, 11) is 0. The maximum atomic E-state index is 12.6. The van der Waals surface area contributed by atoms with Crippen molar-refractivity contribution in [2.24, 2.45) is 0 Å². The summed E-state index contributed by atoms with van der Waals surface area (Å²) in [5, 5.41) is 9.61. The molecule has 1 N–H and O–H groups in total. The van der Waals surface area contributed by atoms with Gasteiger partial charge in [-0.2, -0.15) is 0 Å². The molecule has 0 saturated carbocycles. The number of likely N-dealkylation sites (tertiary alicyclic amines) is 1. The molecule has 1 aromatic carbocycles. The first-order valence-electron chi connectivity index (χ1n) is 8.05. The molecule has 0 spiro atoms. The van der Waals surface area contributed by atoms with E-state index < -0.39 is 6.10 Å². The molecule has 124 valence electrons. The van der Waals surface area contributed by atoms with Crippen LogP contribution in [0.2, 0.25) is 0 Å². The molecule has 1 atom stereocenters. The van der Waals surface area contributed by atoms with Crippen molar-refractivity contribution in [3.63, 3.8) is 0 Å². The first-order chi connectivity index (χ1) is 11.6. The number of para-hydroxylation sites is 1. The third-order valence-corrected chi connectivity index (χ3v) is 4.65. The fraction of sp³-hybridized carbons (Fsp3) is 0.333. The largest absolute Gasteiger partial charge is 0.459 e. The fourth-order valence-corrected chi connectivity index (χ4v) is 3.38. The van der Waals surface area contributed by atoms with Crippen molar-refractivity contribution in [3.8, 4) is 0 Å². The molecule has 3 heterocycles. The Balaban J connectivity index is 1.58. The van der Waals surface area contributed by atoms with Gasteiger partial charge in [-0.1, -0.05) is 18.2 Å². The van der Waals surface area contributed by atoms with E-state index in [-0.39, 0.29) is 17.6 Å². The van der Waals surface area contributed by atoms with E-state index in [2.05, 4.69) is 0 Å². The molecule has 2 aromatic rings. The van der Waals surface area contributed by atoms with E-state index in [0.29, 0.717) is 38.0 Å². The number of aliphatic hydroxyl groups excluding tert-OH is 1. The van der Waals surface area contributed by atoms with E-state index in [1.54, 1.807) is 15.9 Å². The van der Waals surface area contributed by atoms with Gasteiger partial charge in [0.1, 0.15) is 0 Å². The molecule has 1 unspecified atom stereocenters. The molecule has 6 nitrogen and oxygen atoms in total. The molecule has 0 bridgehead atoms. The van der Waals surface area contributed by atoms with Crippen LogP contribution in [0.5, 0.6) is 0 Å². The van der Waals surface area contributed by atoms with Crippen molar-refractivity contribution in [3.05, 3.63) is 53.5 Å². The zero-order valence-corrected chi connectivity index (χ0v) is 13.1. The highest BCUT2D eigenvalue weighted by atomic mass is 16.3. The van der Waals surface area contributed by atoms with Gasteiger partial charge in [0.2, 0.25) is 5.91 Å². The average Bonchev–Trinajstić information content (AvgIpc) is 3.27. The Labute approximate surface area is 139 Å². The van der Waals surface area contributed by atoms with E-state index in [1.165, 1.54) is 6.26 Å². The lowest BCUT2D eigenvalue weighted by Gasteiger charge is -2.19. The van der Waals surface area contributed by atoms with Gasteiger partial charge in [-0.3, -0.25) is 9.59 Å². The Hall–Kier alpha value is -2.60. The number of nitrogens with zero attached hydrogens (tertiary/aromatic N) is 2. The zero-order valence-electron chi connectivity index (χ0n) is 13.1. The molecule has 24 heavy (non-hydrogen) atoms. The summed E-state index contributed by atoms with van der Waals surface area (Å²) < 4.78 is 5.40. The number of carbonyl (C=O) groups is 2. The lowest BCUT2D eigenvalue weighted by molar-refractivity contribution is -0.117. The van der Waals surface area contributed by atoms with Crippen LogP contribution in [-0.4, -0.2) is 41.0 Å². The van der Waals surface area contributed by atoms with Crippen LogP contribution in [0, 0.1) is 0 Å². The molecule has 1 fully saturated rings. The Morgan fingerprint density at radius 1 is 1.29 bits per heavy atom. The molecule has 2 aliphatic rings. The van der Waals surface area contributed by atoms with E-state index in [0.717, 1.165) is 11.3 Å². The Morgan fingerprint density at radius 2 is 2.12 bits per heavy atom. The number of furan rings is 1. The number of carbonyl (C=O) groups excluding carboxylic acids is 2. The molecule has 6 heteroatoms. The lowest BCUT2D eigenvalue weighted by atomic mass is 10.1. The predicted octanol–water partition coefficient (Wildman–Crippen LogP) is 1.58. The normalized spacial score (nSPS) is 19.9. The smallest absolute Gasteiger partial charge is 0.290 e. The number of benzene rings is 1. The summed E-state index contributed by atoms with van der Waals surface area (Å²) in [6, 6.07) is 9.41. The lowest BCUT2D eigenvalue weighted by Crippen LogP contribution is -2.31. The van der Waals surface area contributed by atoms with Crippen LogP contribution in [0.3, 0.4) is 0 Å². The van der Waals surface area contributed by atoms with Crippen LogP contribution < -0.4 is 4.90 Å². The quantitative estimate of drug-likeness (QED) is 0.929. The number of hydrogen-bond acceptors (Lipinski definition) is 4. The van der Waals surface area contributed by atoms with Gasteiger partial charge < -0.3 is 19.3 Å². The van der Waals surface area contributed by atoms with Crippen LogP contribution in [0.25, 0.3) is 0 Å². The van der Waals surface area contributed by atoms with E-state index in [4.69, 9.17) is 4.42 Å². The van der Waals surface area contributed by atoms with Crippen molar-refractivity contribution in [2.75, 3.05) is 18.0 Å². The van der Waals surface area contributed by atoms with Gasteiger partial charge in [-0.25, -0.2) is 0 Å². The third-order valence-electron chi connectivity index (χ3n) is 4.65. The van der Waals surface area contributed by atoms with Crippen molar-refractivity contribution >= 4 is 17.5 Å². The van der Waals surface area contributed by atoms with Crippen molar-refractivity contribution in [1.29, 1.82) is 0 Å². The van der Waals surface area contributed by atoms with Crippen LogP contribution in [0.1, 0.15) is 28.1 Å². The highest BCUT2D eigenvalue weighted by Crippen LogP contribution is 2.31. The first kappa shape index (κ1) is 15.0. The zero-order chi connectivity index (χ0) is 16.7. The van der Waals surface area contributed by atoms with Crippen LogP contribution >= 0.6 is 0 Å². The predicted molar refractivity (Wildman–Crippen MR) is 86.6 cm³/mol. The number of anilines is 1. The van der Waals surface area contributed by atoms with Crippen molar-refractivity contribution < 1.29 is 19.1 Å². The minimum absolute atomic E-state index is 0.0207. The standard InChI is InChI=1S/C18H18N2O4/c21-14-5-7-19(11-14)18(23)17-13(6-8-24-17)10-20-15-4-2-1-3-12(15)9-16(20)22/h1-4,6,8,14,21H,5,7,9-11H2. The average molecular weight is 326 g/mol. The highest BCUT2D eigenvalue weighted by Gasteiger charge is 2.31. The molecule has 1 saturated heterocycles. The Bertz CT molecular complexity index is 798. The number of rotatable bonds is 3. The summed E-state index contributed by atoms with van der Waals surface area (Å²) in [4.78, 5) is 28.2. The van der Waals surface area contributed by atoms with E-state index in [1.807, 2.05) is 24.3 Å². The summed E-state index contributed by atoms with van der Waals surface area (Å²) in [5.74, 6) is 0.0418. The monoisotopic (exact) mass is 326 g/mol. The number of amides is 2. The highest BCUT2D eigenvalue weighted by molar-refractivity contribution is 6.01. The molecule has 2 amide bonds. The molecule has 0 radical (unpaired) electrons. The summed E-state index contributed by atoms with van der Waals surface area (Å²) in [5.41, 5.74) is 2.58. The number of hydrogen-bond donors (Lipinski definition) is 1. The summed E-state index contributed by atoms with van der Waals surface area (Å²) in [6.07, 6.45) is 1.97. The fourth-order valence-electron chi connectivity index (χ4n) is 3.38. The van der Waals surface area contributed by atoms with E-state index in [9.17, 15) is 14.7 Å². The topological polar surface area (TPSA) is 74.0 Å². The molecule has 1 aromatic heterocycles. The van der Waals surface area contributed by atoms with Crippen LogP contribution in [-0.2, 0) is 17.8 Å². The minimum Gasteiger partial charge on any atom is -0.459 e. The van der Waals surface area contributed by atoms with Gasteiger partial charge >= 0.3 is 0 Å². The van der Waals surface area contributed by atoms with Gasteiger partial charge in [0.25, 0.3) is 5.91 Å². The van der Waals surface area contributed by atoms with Crippen molar-refractivity contribution in [1.82, 2.24) is 4.90 Å². The van der Waals surface area contributed by atoms with Crippen molar-refractivity contribution in [2.45, 2.75) is 25.5 Å². The van der Waals surface area contributed by atoms with Gasteiger partial charge in [0.15, 0.2) is 5.76 Å². The van der Waals surface area contributed by atoms with Gasteiger partial charge in [-0.15, -0.1) is 0 Å². The Morgan fingerprint density at radius 3 is 2.92 bits per heavy atom. The molecular weight excluding hydrogens is 308 g/mol. The molecular formula is C18H18N2O4. The second kappa shape index (κ2) is 5.79. The number of fused-ring (bicyclic) bond motifs is 1. The maximum absolute atomic E-state index is 12.6. The summed E-state index contributed by atoms with van der Waals surface area (Å²) >= 11 is 0. The Kier molecular flexibility index (Phi) is 3.61. The van der Waals surface area contributed by atoms with Crippen LogP contribution in [0.4, 0.5) is 5.69 Å². The summed E-state index contributed by atoms with van der Waals surface area (Å²) in [6.45, 7) is 1.15. The second-order valence-electron chi connectivity index (χ2n) is 6.25. The van der Waals surface area contributed by atoms with Gasteiger partial charge in [-0.05, 0) is 24.1 Å². The first-order valence-corrected chi connectivity index (χ1v) is 8.05. The second-order valence-corrected chi connectivity index (χ2v) is 6.25. The number of aliphatic hydroxyl groups is 1. The van der Waals surface area contributed by atoms with Gasteiger partial charge in [0, 0.05) is 24.3 Å². The molecule has 0 aliphatic carbocycles. The SMILES string of the molecule is O=C(c1occc1CN1C(=O)Cc2ccccc21)N1CCC(O)C1. The van der Waals surface area contributed by atoms with E-state index >= 15 is 0 Å². The molecule has 2 aliphatic heterocycles. The maximum Gasteiger partial charge on any atom is 0.290 e. The third kappa shape index (κ3) is 2.49. The minimum atomic E-state index is -0.473. The molecule has 4 rings (SSSR count). The van der Waals surface area contributed by atoms with Gasteiger partial charge in [0.05, 0.1) is 25.3 Å².